The SMILES string of the molecule is O=C(O)C(F)c1cccc(Br)c1F. The monoisotopic (exact) mass is 250 g/mol. The van der Waals surface area contributed by atoms with Gasteiger partial charge >= 0.3 is 5.97 Å². The summed E-state index contributed by atoms with van der Waals surface area (Å²) in [5.41, 5.74) is -0.470. The second-order valence-corrected chi connectivity index (χ2v) is 3.20. The van der Waals surface area contributed by atoms with Gasteiger partial charge in [-0.25, -0.2) is 13.6 Å². The minimum absolute atomic E-state index is 0.0499. The normalized spacial score (nSPS) is 12.5. The molecule has 0 saturated heterocycles. The second-order valence-electron chi connectivity index (χ2n) is 2.34. The second kappa shape index (κ2) is 3.83. The fourth-order valence-electron chi connectivity index (χ4n) is 0.849. The molecule has 0 radical (unpaired) electrons. The van der Waals surface area contributed by atoms with Crippen LogP contribution in [0.4, 0.5) is 8.78 Å². The summed E-state index contributed by atoms with van der Waals surface area (Å²) in [6.07, 6.45) is -2.32. The molecule has 1 aromatic carbocycles. The first-order valence-electron chi connectivity index (χ1n) is 3.35. The summed E-state index contributed by atoms with van der Waals surface area (Å²) < 4.78 is 26.0. The summed E-state index contributed by atoms with van der Waals surface area (Å²) in [4.78, 5) is 10.2. The summed E-state index contributed by atoms with van der Waals surface area (Å²) in [7, 11) is 0. The van der Waals surface area contributed by atoms with Crippen molar-refractivity contribution in [3.63, 3.8) is 0 Å². The molecule has 0 amide bonds. The molecule has 1 unspecified atom stereocenters. The van der Waals surface area contributed by atoms with Gasteiger partial charge < -0.3 is 5.11 Å². The van der Waals surface area contributed by atoms with E-state index in [2.05, 4.69) is 15.9 Å². The summed E-state index contributed by atoms with van der Waals surface area (Å²) in [6, 6.07) is 3.84. The number of hydrogen-bond donors (Lipinski definition) is 1. The molecule has 0 aliphatic carbocycles. The number of benzene rings is 1. The number of carbonyl (C=O) groups is 1. The predicted molar refractivity (Wildman–Crippen MR) is 45.6 cm³/mol. The average Bonchev–Trinajstić information content (AvgIpc) is 2.08. The van der Waals surface area contributed by atoms with Crippen LogP contribution in [0.15, 0.2) is 22.7 Å². The molecule has 0 fully saturated rings. The van der Waals surface area contributed by atoms with Crippen LogP contribution in [0.25, 0.3) is 0 Å². The van der Waals surface area contributed by atoms with E-state index in [1.54, 1.807) is 0 Å². The summed E-state index contributed by atoms with van der Waals surface area (Å²) in [5.74, 6) is -2.57. The lowest BCUT2D eigenvalue weighted by atomic mass is 10.1. The van der Waals surface area contributed by atoms with Crippen molar-refractivity contribution in [2.24, 2.45) is 0 Å². The Morgan fingerprint density at radius 2 is 2.15 bits per heavy atom. The van der Waals surface area contributed by atoms with Gasteiger partial charge in [0.15, 0.2) is 0 Å². The van der Waals surface area contributed by atoms with Crippen molar-refractivity contribution in [3.8, 4) is 0 Å². The van der Waals surface area contributed by atoms with Gasteiger partial charge in [-0.2, -0.15) is 0 Å². The number of alkyl halides is 1. The summed E-state index contributed by atoms with van der Waals surface area (Å²) in [6.45, 7) is 0. The number of rotatable bonds is 2. The van der Waals surface area contributed by atoms with Crippen molar-refractivity contribution < 1.29 is 18.7 Å². The van der Waals surface area contributed by atoms with Gasteiger partial charge in [0.2, 0.25) is 6.17 Å². The van der Waals surface area contributed by atoms with Gasteiger partial charge in [-0.1, -0.05) is 12.1 Å². The first-order chi connectivity index (χ1) is 6.04. The lowest BCUT2D eigenvalue weighted by molar-refractivity contribution is -0.143. The molecule has 5 heteroatoms. The summed E-state index contributed by atoms with van der Waals surface area (Å²) in [5, 5.41) is 8.29. The standard InChI is InChI=1S/C8H5BrF2O2/c9-5-3-1-2-4(6(5)10)7(11)8(12)13/h1-3,7H,(H,12,13). The Labute approximate surface area is 81.3 Å². The van der Waals surface area contributed by atoms with E-state index >= 15 is 0 Å². The maximum absolute atomic E-state index is 13.1. The quantitative estimate of drug-likeness (QED) is 0.877. The first-order valence-corrected chi connectivity index (χ1v) is 4.14. The van der Waals surface area contributed by atoms with Gasteiger partial charge in [-0.3, -0.25) is 0 Å². The largest absolute Gasteiger partial charge is 0.479 e. The van der Waals surface area contributed by atoms with Crippen molar-refractivity contribution in [1.29, 1.82) is 0 Å². The van der Waals surface area contributed by atoms with E-state index in [0.717, 1.165) is 6.07 Å². The third kappa shape index (κ3) is 2.03. The Hall–Kier alpha value is -0.970. The molecule has 0 aliphatic heterocycles. The molecule has 0 aliphatic rings. The third-order valence-electron chi connectivity index (χ3n) is 1.47. The highest BCUT2D eigenvalue weighted by Gasteiger charge is 2.22. The van der Waals surface area contributed by atoms with E-state index in [1.807, 2.05) is 0 Å². The van der Waals surface area contributed by atoms with E-state index in [1.165, 1.54) is 12.1 Å². The van der Waals surface area contributed by atoms with Crippen LogP contribution in [0, 0.1) is 5.82 Å². The fourth-order valence-corrected chi connectivity index (χ4v) is 1.23. The fraction of sp³-hybridized carbons (Fsp3) is 0.125. The number of carboxylic acid groups (broad SMARTS) is 1. The predicted octanol–water partition coefficient (Wildman–Crippen LogP) is 2.68. The average molecular weight is 251 g/mol. The molecule has 1 N–H and O–H groups in total. The van der Waals surface area contributed by atoms with Gasteiger partial charge in [0.05, 0.1) is 4.47 Å². The zero-order valence-corrected chi connectivity index (χ0v) is 7.88. The molecule has 0 bridgehead atoms. The molecule has 0 spiro atoms. The maximum Gasteiger partial charge on any atom is 0.343 e. The van der Waals surface area contributed by atoms with Crippen molar-refractivity contribution in [3.05, 3.63) is 34.1 Å². The van der Waals surface area contributed by atoms with E-state index in [4.69, 9.17) is 5.11 Å². The van der Waals surface area contributed by atoms with Crippen molar-refractivity contribution >= 4 is 21.9 Å². The van der Waals surface area contributed by atoms with Gasteiger partial charge in [0, 0.05) is 5.56 Å². The molecule has 13 heavy (non-hydrogen) atoms. The molecule has 2 nitrogen and oxygen atoms in total. The van der Waals surface area contributed by atoms with Gasteiger partial charge in [0.1, 0.15) is 5.82 Å². The molecular weight excluding hydrogens is 246 g/mol. The zero-order chi connectivity index (χ0) is 10.0. The number of hydrogen-bond acceptors (Lipinski definition) is 1. The highest BCUT2D eigenvalue weighted by molar-refractivity contribution is 9.10. The van der Waals surface area contributed by atoms with Crippen LogP contribution >= 0.6 is 15.9 Å². The molecule has 1 atom stereocenters. The van der Waals surface area contributed by atoms with Crippen LogP contribution in [0.2, 0.25) is 0 Å². The van der Waals surface area contributed by atoms with E-state index in [0.29, 0.717) is 0 Å². The van der Waals surface area contributed by atoms with E-state index < -0.39 is 23.5 Å². The molecule has 0 heterocycles. The lowest BCUT2D eigenvalue weighted by Crippen LogP contribution is -2.08. The maximum atomic E-state index is 13.1. The number of carboxylic acids is 1. The minimum Gasteiger partial charge on any atom is -0.479 e. The molecular formula is C8H5BrF2O2. The van der Waals surface area contributed by atoms with Crippen molar-refractivity contribution in [2.45, 2.75) is 6.17 Å². The van der Waals surface area contributed by atoms with Crippen LogP contribution in [0.1, 0.15) is 11.7 Å². The van der Waals surface area contributed by atoms with Crippen molar-refractivity contribution in [1.82, 2.24) is 0 Å². The number of halogens is 3. The minimum atomic E-state index is -2.32. The molecule has 0 aromatic heterocycles. The van der Waals surface area contributed by atoms with E-state index in [-0.39, 0.29) is 4.47 Å². The Morgan fingerprint density at radius 1 is 1.54 bits per heavy atom. The van der Waals surface area contributed by atoms with Crippen LogP contribution in [0.3, 0.4) is 0 Å². The lowest BCUT2D eigenvalue weighted by Gasteiger charge is -2.05. The Morgan fingerprint density at radius 3 is 2.69 bits per heavy atom. The van der Waals surface area contributed by atoms with E-state index in [9.17, 15) is 13.6 Å². The van der Waals surface area contributed by atoms with Gasteiger partial charge in [-0.05, 0) is 22.0 Å². The van der Waals surface area contributed by atoms with Crippen molar-refractivity contribution in [2.75, 3.05) is 0 Å². The third-order valence-corrected chi connectivity index (χ3v) is 2.08. The molecule has 0 saturated carbocycles. The first kappa shape index (κ1) is 10.1. The molecule has 1 rings (SSSR count). The highest BCUT2D eigenvalue weighted by Crippen LogP contribution is 2.25. The van der Waals surface area contributed by atoms with Gasteiger partial charge in [-0.15, -0.1) is 0 Å². The van der Waals surface area contributed by atoms with Gasteiger partial charge in [0.25, 0.3) is 0 Å². The Balaban J connectivity index is 3.15. The summed E-state index contributed by atoms with van der Waals surface area (Å²) >= 11 is 2.83. The zero-order valence-electron chi connectivity index (χ0n) is 6.30. The smallest absolute Gasteiger partial charge is 0.343 e. The van der Waals surface area contributed by atoms with Crippen LogP contribution in [0.5, 0.6) is 0 Å². The molecule has 1 aromatic rings. The van der Waals surface area contributed by atoms with Crippen LogP contribution in [-0.4, -0.2) is 11.1 Å². The van der Waals surface area contributed by atoms with Crippen LogP contribution in [-0.2, 0) is 4.79 Å². The Kier molecular flexibility index (Phi) is 2.98. The highest BCUT2D eigenvalue weighted by atomic mass is 79.9. The van der Waals surface area contributed by atoms with Crippen LogP contribution < -0.4 is 0 Å². The molecule has 70 valence electrons. The Bertz CT molecular complexity index is 341. The topological polar surface area (TPSA) is 37.3 Å². The number of aliphatic carboxylic acids is 1.